The molecule has 1 unspecified atom stereocenters. The average Bonchev–Trinajstić information content (AvgIpc) is 2.62. The van der Waals surface area contributed by atoms with Gasteiger partial charge in [-0.15, -0.1) is 6.42 Å². The van der Waals surface area contributed by atoms with Gasteiger partial charge in [0.1, 0.15) is 18.2 Å². The molecule has 1 aromatic carbocycles. The number of terminal acetylenes is 1. The predicted molar refractivity (Wildman–Crippen MR) is 119 cm³/mol. The van der Waals surface area contributed by atoms with Crippen molar-refractivity contribution in [3.05, 3.63) is 35.4 Å². The molecular weight excluding hydrogens is 394 g/mol. The minimum atomic E-state index is -0.813. The second-order valence-electron chi connectivity index (χ2n) is 9.07. The Morgan fingerprint density at radius 1 is 1.19 bits per heavy atom. The molecular formula is C24H33N3O4. The van der Waals surface area contributed by atoms with Crippen LogP contribution in [0.25, 0.3) is 0 Å². The van der Waals surface area contributed by atoms with Crippen molar-refractivity contribution in [3.8, 4) is 12.3 Å². The maximum absolute atomic E-state index is 13.2. The lowest BCUT2D eigenvalue weighted by Gasteiger charge is -2.42. The molecule has 7 nitrogen and oxygen atoms in total. The van der Waals surface area contributed by atoms with Gasteiger partial charge in [0.15, 0.2) is 0 Å². The fourth-order valence-electron chi connectivity index (χ4n) is 3.34. The molecule has 168 valence electrons. The van der Waals surface area contributed by atoms with E-state index < -0.39 is 17.7 Å². The Bertz CT molecular complexity index is 830. The smallest absolute Gasteiger partial charge is 0.408 e. The van der Waals surface area contributed by atoms with Crippen molar-refractivity contribution < 1.29 is 19.1 Å². The first-order chi connectivity index (χ1) is 14.5. The third-order valence-electron chi connectivity index (χ3n) is 4.89. The van der Waals surface area contributed by atoms with Crippen molar-refractivity contribution in [1.82, 2.24) is 15.5 Å². The fourth-order valence-corrected chi connectivity index (χ4v) is 3.34. The molecule has 1 aliphatic rings. The highest BCUT2D eigenvalue weighted by molar-refractivity contribution is 5.90. The second kappa shape index (κ2) is 10.3. The van der Waals surface area contributed by atoms with E-state index in [1.54, 1.807) is 49.9 Å². The molecule has 0 saturated heterocycles. The Morgan fingerprint density at radius 2 is 1.81 bits per heavy atom. The van der Waals surface area contributed by atoms with Crippen LogP contribution in [0.2, 0.25) is 0 Å². The topological polar surface area (TPSA) is 87.7 Å². The summed E-state index contributed by atoms with van der Waals surface area (Å²) >= 11 is 0. The number of carbonyl (C=O) groups excluding carboxylic acids is 3. The van der Waals surface area contributed by atoms with Gasteiger partial charge < -0.3 is 20.3 Å². The van der Waals surface area contributed by atoms with Crippen LogP contribution in [0.3, 0.4) is 0 Å². The van der Waals surface area contributed by atoms with Crippen LogP contribution in [0.5, 0.6) is 0 Å². The van der Waals surface area contributed by atoms with Gasteiger partial charge in [0, 0.05) is 17.6 Å². The Hall–Kier alpha value is -3.01. The van der Waals surface area contributed by atoms with Gasteiger partial charge in [-0.25, -0.2) is 4.79 Å². The first-order valence-corrected chi connectivity index (χ1v) is 10.7. The molecule has 0 aliphatic heterocycles. The van der Waals surface area contributed by atoms with Crippen LogP contribution in [0.4, 0.5) is 4.79 Å². The number of hydrogen-bond acceptors (Lipinski definition) is 4. The molecule has 1 atom stereocenters. The fraction of sp³-hybridized carbons (Fsp3) is 0.542. The van der Waals surface area contributed by atoms with Gasteiger partial charge in [-0.1, -0.05) is 18.1 Å². The molecule has 2 rings (SSSR count). The summed E-state index contributed by atoms with van der Waals surface area (Å²) in [6, 6.07) is 6.11. The SMILES string of the molecule is C#Cc1ccc(C(C(=O)NC(C)C)N(C(=O)CNC(=O)OC(C)(C)C)C2CCC2)cc1. The summed E-state index contributed by atoms with van der Waals surface area (Å²) in [4.78, 5) is 40.0. The first kappa shape index (κ1) is 24.3. The first-order valence-electron chi connectivity index (χ1n) is 10.7. The average molecular weight is 428 g/mol. The highest BCUT2D eigenvalue weighted by Gasteiger charge is 2.39. The van der Waals surface area contributed by atoms with Crippen molar-refractivity contribution in [2.24, 2.45) is 0 Å². The van der Waals surface area contributed by atoms with E-state index in [2.05, 4.69) is 16.6 Å². The number of alkyl carbamates (subject to hydrolysis) is 1. The van der Waals surface area contributed by atoms with E-state index >= 15 is 0 Å². The van der Waals surface area contributed by atoms with E-state index in [-0.39, 0.29) is 30.4 Å². The summed E-state index contributed by atoms with van der Waals surface area (Å²) in [5.41, 5.74) is 0.703. The van der Waals surface area contributed by atoms with E-state index in [1.807, 2.05) is 13.8 Å². The van der Waals surface area contributed by atoms with Crippen LogP contribution in [0, 0.1) is 12.3 Å². The molecule has 1 saturated carbocycles. The maximum atomic E-state index is 13.2. The molecule has 0 heterocycles. The third-order valence-corrected chi connectivity index (χ3v) is 4.89. The summed E-state index contributed by atoms with van der Waals surface area (Å²) in [5, 5.41) is 5.44. The summed E-state index contributed by atoms with van der Waals surface area (Å²) in [6.07, 6.45) is 7.40. The summed E-state index contributed by atoms with van der Waals surface area (Å²) in [7, 11) is 0. The van der Waals surface area contributed by atoms with Gasteiger partial charge in [-0.3, -0.25) is 9.59 Å². The molecule has 2 N–H and O–H groups in total. The number of rotatable bonds is 7. The lowest BCUT2D eigenvalue weighted by atomic mass is 9.88. The quantitative estimate of drug-likeness (QED) is 0.655. The molecule has 1 aliphatic carbocycles. The lowest BCUT2D eigenvalue weighted by Crippen LogP contribution is -2.54. The zero-order valence-electron chi connectivity index (χ0n) is 19.0. The number of hydrogen-bond donors (Lipinski definition) is 2. The molecule has 7 heteroatoms. The largest absolute Gasteiger partial charge is 0.444 e. The van der Waals surface area contributed by atoms with Crippen LogP contribution >= 0.6 is 0 Å². The number of nitrogens with one attached hydrogen (secondary N) is 2. The molecule has 1 fully saturated rings. The second-order valence-corrected chi connectivity index (χ2v) is 9.07. The maximum Gasteiger partial charge on any atom is 0.408 e. The number of nitrogens with zero attached hydrogens (tertiary/aromatic N) is 1. The monoisotopic (exact) mass is 427 g/mol. The summed E-state index contributed by atoms with van der Waals surface area (Å²) < 4.78 is 5.22. The lowest BCUT2D eigenvalue weighted by molar-refractivity contribution is -0.145. The van der Waals surface area contributed by atoms with E-state index in [4.69, 9.17) is 11.2 Å². The van der Waals surface area contributed by atoms with Crippen molar-refractivity contribution in [2.75, 3.05) is 6.54 Å². The molecule has 0 spiro atoms. The zero-order chi connectivity index (χ0) is 23.2. The number of benzene rings is 1. The Kier molecular flexibility index (Phi) is 8.09. The summed E-state index contributed by atoms with van der Waals surface area (Å²) in [5.74, 6) is 1.96. The van der Waals surface area contributed by atoms with Crippen molar-refractivity contribution >= 4 is 17.9 Å². The van der Waals surface area contributed by atoms with Crippen molar-refractivity contribution in [2.45, 2.75) is 77.6 Å². The van der Waals surface area contributed by atoms with Crippen LogP contribution < -0.4 is 10.6 Å². The van der Waals surface area contributed by atoms with Crippen molar-refractivity contribution in [3.63, 3.8) is 0 Å². The number of amides is 3. The molecule has 0 bridgehead atoms. The highest BCUT2D eigenvalue weighted by Crippen LogP contribution is 2.33. The van der Waals surface area contributed by atoms with Crippen LogP contribution in [-0.4, -0.2) is 47.0 Å². The van der Waals surface area contributed by atoms with Gasteiger partial charge >= 0.3 is 6.09 Å². The van der Waals surface area contributed by atoms with Crippen LogP contribution in [-0.2, 0) is 14.3 Å². The van der Waals surface area contributed by atoms with Crippen molar-refractivity contribution in [1.29, 1.82) is 0 Å². The van der Waals surface area contributed by atoms with Gasteiger partial charge in [-0.05, 0) is 71.6 Å². The standard InChI is InChI=1S/C24H33N3O4/c1-7-17-11-13-18(14-12-17)21(22(29)26-16(2)3)27(19-9-8-10-19)20(28)15-25-23(30)31-24(4,5)6/h1,11-14,16,19,21H,8-10,15H2,2-6H3,(H,25,30)(H,26,29). The van der Waals surface area contributed by atoms with E-state index in [9.17, 15) is 14.4 Å². The van der Waals surface area contributed by atoms with Gasteiger partial charge in [-0.2, -0.15) is 0 Å². The van der Waals surface area contributed by atoms with E-state index in [0.717, 1.165) is 19.3 Å². The number of ether oxygens (including phenoxy) is 1. The van der Waals surface area contributed by atoms with E-state index in [1.165, 1.54) is 0 Å². The zero-order valence-corrected chi connectivity index (χ0v) is 19.0. The van der Waals surface area contributed by atoms with Crippen LogP contribution in [0.1, 0.15) is 71.0 Å². The Balaban J connectivity index is 2.29. The predicted octanol–water partition coefficient (Wildman–Crippen LogP) is 3.14. The molecule has 3 amide bonds. The minimum Gasteiger partial charge on any atom is -0.444 e. The Morgan fingerprint density at radius 3 is 2.26 bits per heavy atom. The third kappa shape index (κ3) is 7.02. The van der Waals surface area contributed by atoms with Gasteiger partial charge in [0.05, 0.1) is 0 Å². The van der Waals surface area contributed by atoms with Gasteiger partial charge in [0.2, 0.25) is 11.8 Å². The van der Waals surface area contributed by atoms with Crippen LogP contribution in [0.15, 0.2) is 24.3 Å². The summed E-state index contributed by atoms with van der Waals surface area (Å²) in [6.45, 7) is 8.74. The van der Waals surface area contributed by atoms with E-state index in [0.29, 0.717) is 11.1 Å². The highest BCUT2D eigenvalue weighted by atomic mass is 16.6. The normalized spacial score (nSPS) is 14.7. The molecule has 31 heavy (non-hydrogen) atoms. The van der Waals surface area contributed by atoms with Gasteiger partial charge in [0.25, 0.3) is 0 Å². The number of carbonyl (C=O) groups is 3. The molecule has 0 radical (unpaired) electrons. The molecule has 1 aromatic rings. The minimum absolute atomic E-state index is 0.0665. The Labute approximate surface area is 184 Å². The molecule has 0 aromatic heterocycles.